The van der Waals surface area contributed by atoms with Gasteiger partial charge in [-0.3, -0.25) is 0 Å². The summed E-state index contributed by atoms with van der Waals surface area (Å²) in [7, 11) is 0. The van der Waals surface area contributed by atoms with Crippen molar-refractivity contribution in [3.8, 4) is 10.1 Å². The third-order valence-corrected chi connectivity index (χ3v) is 4.96. The van der Waals surface area contributed by atoms with Gasteiger partial charge in [0.1, 0.15) is 0 Å². The third-order valence-electron chi connectivity index (χ3n) is 4.18. The van der Waals surface area contributed by atoms with E-state index in [0.717, 1.165) is 24.2 Å². The highest BCUT2D eigenvalue weighted by atomic mass is 32.1. The molecule has 5 nitrogen and oxygen atoms in total. The minimum atomic E-state index is -0.421. The highest BCUT2D eigenvalue weighted by Crippen LogP contribution is 2.33. The van der Waals surface area contributed by atoms with Crippen molar-refractivity contribution in [3.63, 3.8) is 0 Å². The van der Waals surface area contributed by atoms with Crippen LogP contribution in [-0.2, 0) is 11.2 Å². The van der Waals surface area contributed by atoms with E-state index in [1.807, 2.05) is 0 Å². The van der Waals surface area contributed by atoms with Gasteiger partial charge in [-0.1, -0.05) is 76.0 Å². The van der Waals surface area contributed by atoms with E-state index in [1.54, 1.807) is 0 Å². The highest BCUT2D eigenvalue weighted by molar-refractivity contribution is 7.15. The monoisotopic (exact) mass is 371 g/mol. The molecule has 0 aliphatic rings. The van der Waals surface area contributed by atoms with Crippen LogP contribution in [-0.4, -0.2) is 29.5 Å². The average molecular weight is 372 g/mol. The van der Waals surface area contributed by atoms with Crippen molar-refractivity contribution in [2.24, 2.45) is 0 Å². The van der Waals surface area contributed by atoms with Gasteiger partial charge in [0.05, 0.1) is 6.61 Å². The summed E-state index contributed by atoms with van der Waals surface area (Å²) in [6, 6.07) is 1.49. The number of thiophene rings is 1. The fourth-order valence-corrected chi connectivity index (χ4v) is 3.38. The lowest BCUT2D eigenvalue weighted by Gasteiger charge is -2.07. The van der Waals surface area contributed by atoms with Crippen LogP contribution in [0.15, 0.2) is 6.07 Å². The summed E-state index contributed by atoms with van der Waals surface area (Å²) in [6.07, 6.45) is 12.7. The quantitative estimate of drug-likeness (QED) is 0.385. The molecule has 1 heterocycles. The maximum atomic E-state index is 11.5. The Morgan fingerprint density at radius 1 is 1.04 bits per heavy atom. The first kappa shape index (κ1) is 21.6. The van der Waals surface area contributed by atoms with Gasteiger partial charge in [0, 0.05) is 18.5 Å². The zero-order chi connectivity index (χ0) is 18.3. The number of carbonyl (C=O) groups excluding carboxylic acids is 1. The second-order valence-electron chi connectivity index (χ2n) is 6.41. The maximum absolute atomic E-state index is 11.5. The lowest BCUT2D eigenvalue weighted by molar-refractivity contribution is 0.147. The molecule has 1 aromatic rings. The smallest absolute Gasteiger partial charge is 0.407 e. The molecule has 0 fully saturated rings. The first-order chi connectivity index (χ1) is 12.1. The Kier molecular flexibility index (Phi) is 11.9. The number of ether oxygens (including phenoxy) is 1. The molecule has 25 heavy (non-hydrogen) atoms. The molecule has 0 spiro atoms. The van der Waals surface area contributed by atoms with E-state index in [-0.39, 0.29) is 16.7 Å². The third kappa shape index (κ3) is 10.9. The van der Waals surface area contributed by atoms with Crippen molar-refractivity contribution in [2.75, 3.05) is 13.2 Å². The summed E-state index contributed by atoms with van der Waals surface area (Å²) >= 11 is 0.913. The Morgan fingerprint density at radius 2 is 1.64 bits per heavy atom. The second kappa shape index (κ2) is 13.8. The van der Waals surface area contributed by atoms with Crippen molar-refractivity contribution in [3.05, 3.63) is 11.6 Å². The van der Waals surface area contributed by atoms with Crippen LogP contribution in [0.5, 0.6) is 10.1 Å². The van der Waals surface area contributed by atoms with Gasteiger partial charge in [0.15, 0.2) is 10.1 Å². The van der Waals surface area contributed by atoms with Gasteiger partial charge in [0.25, 0.3) is 0 Å². The Labute approximate surface area is 155 Å². The van der Waals surface area contributed by atoms with E-state index in [2.05, 4.69) is 12.2 Å². The van der Waals surface area contributed by atoms with E-state index in [1.165, 1.54) is 57.4 Å². The lowest BCUT2D eigenvalue weighted by atomic mass is 10.1. The van der Waals surface area contributed by atoms with Crippen molar-refractivity contribution in [2.45, 2.75) is 77.6 Å². The zero-order valence-electron chi connectivity index (χ0n) is 15.4. The number of nitrogens with one attached hydrogen (secondary N) is 1. The topological polar surface area (TPSA) is 78.8 Å². The van der Waals surface area contributed by atoms with Gasteiger partial charge in [-0.25, -0.2) is 4.79 Å². The van der Waals surface area contributed by atoms with Crippen LogP contribution >= 0.6 is 11.3 Å². The van der Waals surface area contributed by atoms with Crippen LogP contribution < -0.4 is 5.32 Å². The van der Waals surface area contributed by atoms with Gasteiger partial charge in [-0.2, -0.15) is 0 Å². The molecule has 144 valence electrons. The fourth-order valence-electron chi connectivity index (χ4n) is 2.69. The molecule has 0 atom stereocenters. The molecule has 0 aliphatic carbocycles. The lowest BCUT2D eigenvalue weighted by Crippen LogP contribution is -2.26. The number of hydrogen-bond donors (Lipinski definition) is 3. The van der Waals surface area contributed by atoms with E-state index in [0.29, 0.717) is 18.5 Å². The fraction of sp³-hybridized carbons (Fsp3) is 0.737. The van der Waals surface area contributed by atoms with Crippen molar-refractivity contribution >= 4 is 17.4 Å². The van der Waals surface area contributed by atoms with Crippen LogP contribution in [0.1, 0.15) is 76.7 Å². The molecule has 0 saturated carbocycles. The van der Waals surface area contributed by atoms with Gasteiger partial charge in [0.2, 0.25) is 0 Å². The minimum Gasteiger partial charge on any atom is -0.499 e. The molecular weight excluding hydrogens is 338 g/mol. The average Bonchev–Trinajstić information content (AvgIpc) is 2.90. The molecule has 0 unspecified atom stereocenters. The van der Waals surface area contributed by atoms with Gasteiger partial charge >= 0.3 is 6.09 Å². The van der Waals surface area contributed by atoms with Crippen LogP contribution in [0, 0.1) is 0 Å². The molecular formula is C19H33NO4S. The van der Waals surface area contributed by atoms with E-state index in [4.69, 9.17) is 4.74 Å². The molecule has 0 aromatic carbocycles. The SMILES string of the molecule is CCCCCCCCCCCCNC(=O)OCCc1cc(O)sc1O. The van der Waals surface area contributed by atoms with Gasteiger partial charge in [-0.05, 0) is 12.5 Å². The van der Waals surface area contributed by atoms with Crippen molar-refractivity contribution in [1.29, 1.82) is 0 Å². The minimum absolute atomic E-state index is 0.0675. The number of alkyl carbamates (subject to hydrolysis) is 1. The maximum Gasteiger partial charge on any atom is 0.407 e. The van der Waals surface area contributed by atoms with E-state index < -0.39 is 6.09 Å². The molecule has 1 rings (SSSR count). The number of hydrogen-bond acceptors (Lipinski definition) is 5. The van der Waals surface area contributed by atoms with Crippen molar-refractivity contribution < 1.29 is 19.7 Å². The van der Waals surface area contributed by atoms with E-state index >= 15 is 0 Å². The first-order valence-corrected chi connectivity index (χ1v) is 10.4. The summed E-state index contributed by atoms with van der Waals surface area (Å²) in [4.78, 5) is 11.5. The number of unbranched alkanes of at least 4 members (excludes halogenated alkanes) is 9. The predicted octanol–water partition coefficient (Wildman–Crippen LogP) is 5.35. The number of aromatic hydroxyl groups is 2. The van der Waals surface area contributed by atoms with Crippen LogP contribution in [0.4, 0.5) is 4.79 Å². The first-order valence-electron chi connectivity index (χ1n) is 9.54. The van der Waals surface area contributed by atoms with Gasteiger partial charge < -0.3 is 20.3 Å². The summed E-state index contributed by atoms with van der Waals surface area (Å²) < 4.78 is 5.06. The molecule has 1 aromatic heterocycles. The van der Waals surface area contributed by atoms with Crippen molar-refractivity contribution in [1.82, 2.24) is 5.32 Å². The van der Waals surface area contributed by atoms with Crippen LogP contribution in [0.2, 0.25) is 0 Å². The Bertz CT molecular complexity index is 476. The molecule has 0 saturated heterocycles. The summed E-state index contributed by atoms with van der Waals surface area (Å²) in [6.45, 7) is 3.07. The molecule has 6 heteroatoms. The number of carbonyl (C=O) groups is 1. The number of amides is 1. The molecule has 0 bridgehead atoms. The predicted molar refractivity (Wildman–Crippen MR) is 103 cm³/mol. The normalized spacial score (nSPS) is 10.8. The summed E-state index contributed by atoms with van der Waals surface area (Å²) in [5.74, 6) is 0. The molecule has 0 aliphatic heterocycles. The molecule has 3 N–H and O–H groups in total. The Hall–Kier alpha value is -1.43. The van der Waals surface area contributed by atoms with Crippen LogP contribution in [0.3, 0.4) is 0 Å². The number of rotatable bonds is 14. The molecule has 1 amide bonds. The Morgan fingerprint density at radius 3 is 2.20 bits per heavy atom. The van der Waals surface area contributed by atoms with E-state index in [9.17, 15) is 15.0 Å². The standard InChI is InChI=1S/C19H33NO4S/c1-2-3-4-5-6-7-8-9-10-11-13-20-19(23)24-14-12-16-15-17(21)25-18(16)22/h15,21-22H,2-14H2,1H3,(H,20,23). The highest BCUT2D eigenvalue weighted by Gasteiger charge is 2.08. The largest absolute Gasteiger partial charge is 0.499 e. The Balaban J connectivity index is 1.88. The second-order valence-corrected chi connectivity index (χ2v) is 7.42. The molecule has 0 radical (unpaired) electrons. The van der Waals surface area contributed by atoms with Crippen LogP contribution in [0.25, 0.3) is 0 Å². The summed E-state index contributed by atoms with van der Waals surface area (Å²) in [5.41, 5.74) is 0.602. The van der Waals surface area contributed by atoms with Gasteiger partial charge in [-0.15, -0.1) is 0 Å². The summed E-state index contributed by atoms with van der Waals surface area (Å²) in [5, 5.41) is 21.7. The zero-order valence-corrected chi connectivity index (χ0v) is 16.2.